The number of hydrogen-bond acceptors (Lipinski definition) is 5. The van der Waals surface area contributed by atoms with Crippen LogP contribution in [-0.2, 0) is 4.79 Å². The second-order valence-electron chi connectivity index (χ2n) is 6.03. The first-order chi connectivity index (χ1) is 13.5. The number of anilines is 1. The Morgan fingerprint density at radius 1 is 1.14 bits per heavy atom. The zero-order chi connectivity index (χ0) is 19.8. The average molecular weight is 382 g/mol. The first-order valence-electron chi connectivity index (χ1n) is 8.19. The van der Waals surface area contributed by atoms with Gasteiger partial charge in [-0.3, -0.25) is 19.5 Å². The highest BCUT2D eigenvalue weighted by Gasteiger charge is 2.45. The lowest BCUT2D eigenvalue weighted by molar-refractivity contribution is -0.117. The molecule has 8 heteroatoms. The predicted octanol–water partition coefficient (Wildman–Crippen LogP) is 3.74. The summed E-state index contributed by atoms with van der Waals surface area (Å²) in [6, 6.07) is 7.86. The lowest BCUT2D eigenvalue weighted by atomic mass is 9.96. The van der Waals surface area contributed by atoms with Gasteiger partial charge in [-0.2, -0.15) is 0 Å². The predicted molar refractivity (Wildman–Crippen MR) is 93.5 cm³/mol. The van der Waals surface area contributed by atoms with Gasteiger partial charge < -0.3 is 9.52 Å². The number of aliphatic hydroxyl groups is 1. The van der Waals surface area contributed by atoms with Crippen molar-refractivity contribution in [3.05, 3.63) is 95.4 Å². The normalized spacial score (nSPS) is 16.7. The Morgan fingerprint density at radius 2 is 1.96 bits per heavy atom. The molecule has 0 spiro atoms. The minimum absolute atomic E-state index is 0.0217. The molecule has 3 aromatic rings. The summed E-state index contributed by atoms with van der Waals surface area (Å²) in [5.41, 5.74) is 0.142. The number of hydrogen-bond donors (Lipinski definition) is 1. The zero-order valence-corrected chi connectivity index (χ0v) is 14.2. The van der Waals surface area contributed by atoms with E-state index in [2.05, 4.69) is 4.98 Å². The fourth-order valence-corrected chi connectivity index (χ4v) is 3.13. The molecule has 1 aromatic carbocycles. The third kappa shape index (κ3) is 2.75. The molecule has 2 aromatic heterocycles. The van der Waals surface area contributed by atoms with Crippen LogP contribution in [0.15, 0.2) is 76.9 Å². The number of nitrogens with zero attached hydrogens (tertiary/aromatic N) is 2. The molecule has 0 saturated carbocycles. The zero-order valence-electron chi connectivity index (χ0n) is 14.2. The molecule has 4 rings (SSSR count). The Bertz CT molecular complexity index is 1090. The van der Waals surface area contributed by atoms with E-state index in [9.17, 15) is 23.5 Å². The van der Waals surface area contributed by atoms with E-state index in [1.807, 2.05) is 0 Å². The highest BCUT2D eigenvalue weighted by atomic mass is 19.2. The van der Waals surface area contributed by atoms with E-state index in [1.165, 1.54) is 36.9 Å². The smallest absolute Gasteiger partial charge is 0.294 e. The molecule has 3 heterocycles. The maximum absolute atomic E-state index is 13.8. The Morgan fingerprint density at radius 3 is 2.61 bits per heavy atom. The number of benzene rings is 1. The van der Waals surface area contributed by atoms with E-state index in [0.29, 0.717) is 5.56 Å². The fraction of sp³-hybridized carbons (Fsp3) is 0.0500. The maximum Gasteiger partial charge on any atom is 0.294 e. The summed E-state index contributed by atoms with van der Waals surface area (Å²) in [5.74, 6) is -4.74. The van der Waals surface area contributed by atoms with Gasteiger partial charge >= 0.3 is 0 Å². The molecule has 1 N–H and O–H groups in total. The second-order valence-corrected chi connectivity index (χ2v) is 6.03. The van der Waals surface area contributed by atoms with Crippen LogP contribution in [0.2, 0.25) is 0 Å². The number of pyridine rings is 1. The molecule has 0 saturated heterocycles. The lowest BCUT2D eigenvalue weighted by Gasteiger charge is -2.26. The van der Waals surface area contributed by atoms with Crippen molar-refractivity contribution in [2.24, 2.45) is 0 Å². The number of rotatable bonds is 4. The number of amides is 1. The molecule has 28 heavy (non-hydrogen) atoms. The molecule has 140 valence electrons. The number of ketones is 1. The Kier molecular flexibility index (Phi) is 4.23. The number of aromatic nitrogens is 1. The summed E-state index contributed by atoms with van der Waals surface area (Å²) in [6.45, 7) is 0. The summed E-state index contributed by atoms with van der Waals surface area (Å²) in [5, 5.41) is 10.5. The van der Waals surface area contributed by atoms with Crippen LogP contribution >= 0.6 is 0 Å². The first kappa shape index (κ1) is 17.6. The molecule has 0 aliphatic carbocycles. The molecular weight excluding hydrogens is 370 g/mol. The van der Waals surface area contributed by atoms with Crippen LogP contribution in [0.3, 0.4) is 0 Å². The van der Waals surface area contributed by atoms with Gasteiger partial charge in [-0.15, -0.1) is 0 Å². The van der Waals surface area contributed by atoms with E-state index in [0.717, 1.165) is 17.0 Å². The molecule has 0 fully saturated rings. The number of halogens is 2. The summed E-state index contributed by atoms with van der Waals surface area (Å²) >= 11 is 0. The Hall–Kier alpha value is -3.81. The quantitative estimate of drug-likeness (QED) is 0.695. The monoisotopic (exact) mass is 382 g/mol. The minimum atomic E-state index is -1.17. The number of carbonyl (C=O) groups excluding carboxylic acids is 2. The lowest BCUT2D eigenvalue weighted by Crippen LogP contribution is -2.31. The van der Waals surface area contributed by atoms with Crippen LogP contribution in [-0.4, -0.2) is 21.8 Å². The van der Waals surface area contributed by atoms with E-state index >= 15 is 0 Å². The van der Waals surface area contributed by atoms with Crippen molar-refractivity contribution >= 4 is 17.4 Å². The van der Waals surface area contributed by atoms with Crippen LogP contribution in [0.1, 0.15) is 22.2 Å². The van der Waals surface area contributed by atoms with Gasteiger partial charge in [-0.1, -0.05) is 6.07 Å². The van der Waals surface area contributed by atoms with Gasteiger partial charge in [0.25, 0.3) is 5.91 Å². The first-order valence-corrected chi connectivity index (χ1v) is 8.19. The van der Waals surface area contributed by atoms with Crippen molar-refractivity contribution in [2.45, 2.75) is 6.04 Å². The standard InChI is InChI=1S/C20H12F2N2O4/c21-13-6-5-12(9-14(13)22)24-17(11-3-1-7-23-10-11)16(19(26)20(24)27)18(25)15-4-2-8-28-15/h1-10,17,26H. The molecule has 6 nitrogen and oxygen atoms in total. The largest absolute Gasteiger partial charge is 0.503 e. The van der Waals surface area contributed by atoms with Gasteiger partial charge in [-0.05, 0) is 35.9 Å². The highest BCUT2D eigenvalue weighted by Crippen LogP contribution is 2.41. The molecule has 1 atom stereocenters. The van der Waals surface area contributed by atoms with Gasteiger partial charge in [0.2, 0.25) is 5.78 Å². The number of aliphatic hydroxyl groups excluding tert-OH is 1. The molecule has 0 radical (unpaired) electrons. The number of furan rings is 1. The SMILES string of the molecule is O=C(C1=C(O)C(=O)N(c2ccc(F)c(F)c2)C1c1cccnc1)c1ccco1. The van der Waals surface area contributed by atoms with Crippen LogP contribution < -0.4 is 4.90 Å². The summed E-state index contributed by atoms with van der Waals surface area (Å²) in [6.07, 6.45) is 4.20. The maximum atomic E-state index is 13.8. The van der Waals surface area contributed by atoms with Gasteiger partial charge in [0.15, 0.2) is 23.2 Å². The molecular formula is C20H12F2N2O4. The minimum Gasteiger partial charge on any atom is -0.503 e. The van der Waals surface area contributed by atoms with E-state index in [-0.39, 0.29) is 17.0 Å². The topological polar surface area (TPSA) is 83.6 Å². The van der Waals surface area contributed by atoms with Crippen molar-refractivity contribution in [3.8, 4) is 0 Å². The van der Waals surface area contributed by atoms with Crippen LogP contribution in [0.5, 0.6) is 0 Å². The number of carbonyl (C=O) groups is 2. The average Bonchev–Trinajstić information content (AvgIpc) is 3.32. The Balaban J connectivity index is 1.89. The molecule has 1 aliphatic heterocycles. The molecule has 1 amide bonds. The van der Waals surface area contributed by atoms with E-state index in [1.54, 1.807) is 12.1 Å². The van der Waals surface area contributed by atoms with Crippen molar-refractivity contribution in [1.82, 2.24) is 4.98 Å². The summed E-state index contributed by atoms with van der Waals surface area (Å²) in [4.78, 5) is 30.7. The van der Waals surface area contributed by atoms with Gasteiger partial charge in [0, 0.05) is 24.1 Å². The molecule has 1 unspecified atom stereocenters. The molecule has 1 aliphatic rings. The van der Waals surface area contributed by atoms with E-state index in [4.69, 9.17) is 4.42 Å². The fourth-order valence-electron chi connectivity index (χ4n) is 3.13. The van der Waals surface area contributed by atoms with Crippen molar-refractivity contribution in [1.29, 1.82) is 0 Å². The third-order valence-electron chi connectivity index (χ3n) is 4.38. The van der Waals surface area contributed by atoms with Crippen LogP contribution in [0, 0.1) is 11.6 Å². The molecule has 0 bridgehead atoms. The van der Waals surface area contributed by atoms with Crippen LogP contribution in [0.4, 0.5) is 14.5 Å². The number of Topliss-reactive ketones (excluding diaryl/α,β-unsaturated/α-hetero) is 1. The Labute approximate surface area is 157 Å². The van der Waals surface area contributed by atoms with Gasteiger partial charge in [0.05, 0.1) is 17.9 Å². The van der Waals surface area contributed by atoms with Crippen molar-refractivity contribution in [3.63, 3.8) is 0 Å². The summed E-state index contributed by atoms with van der Waals surface area (Å²) < 4.78 is 32.2. The van der Waals surface area contributed by atoms with Gasteiger partial charge in [-0.25, -0.2) is 8.78 Å². The van der Waals surface area contributed by atoms with Crippen LogP contribution in [0.25, 0.3) is 0 Å². The summed E-state index contributed by atoms with van der Waals surface area (Å²) in [7, 11) is 0. The van der Waals surface area contributed by atoms with E-state index < -0.39 is 35.1 Å². The highest BCUT2D eigenvalue weighted by molar-refractivity contribution is 6.20. The third-order valence-corrected chi connectivity index (χ3v) is 4.38. The second kappa shape index (κ2) is 6.73. The van der Waals surface area contributed by atoms with Gasteiger partial charge in [0.1, 0.15) is 0 Å². The van der Waals surface area contributed by atoms with Crippen molar-refractivity contribution in [2.75, 3.05) is 4.90 Å². The van der Waals surface area contributed by atoms with Crippen molar-refractivity contribution < 1.29 is 27.9 Å².